The van der Waals surface area contributed by atoms with Crippen molar-refractivity contribution in [3.63, 3.8) is 0 Å². The molecule has 0 aromatic carbocycles. The Bertz CT molecular complexity index is 839. The van der Waals surface area contributed by atoms with E-state index >= 15 is 0 Å². The van der Waals surface area contributed by atoms with Crippen LogP contribution in [-0.2, 0) is 24.0 Å². The molecular formula is C35H67N5O7. The van der Waals surface area contributed by atoms with Crippen LogP contribution in [0.1, 0.15) is 174 Å². The van der Waals surface area contributed by atoms with E-state index in [-0.39, 0.29) is 32.1 Å². The van der Waals surface area contributed by atoms with Crippen LogP contribution in [0.25, 0.3) is 0 Å². The first-order valence-electron chi connectivity index (χ1n) is 18.5. The third-order valence-corrected chi connectivity index (χ3v) is 8.45. The molecule has 47 heavy (non-hydrogen) atoms. The molecule has 0 aliphatic carbocycles. The van der Waals surface area contributed by atoms with Gasteiger partial charge in [0.1, 0.15) is 12.1 Å². The zero-order valence-electron chi connectivity index (χ0n) is 29.5. The monoisotopic (exact) mass is 670 g/mol. The number of rotatable bonds is 33. The zero-order chi connectivity index (χ0) is 35.3. The number of carboxylic acids is 2. The Balaban J connectivity index is 5.89. The van der Waals surface area contributed by atoms with E-state index < -0.39 is 41.7 Å². The number of amides is 3. The van der Waals surface area contributed by atoms with Crippen LogP contribution in [-0.4, -0.2) is 68.6 Å². The van der Waals surface area contributed by atoms with Crippen molar-refractivity contribution in [2.45, 2.75) is 186 Å². The van der Waals surface area contributed by atoms with Gasteiger partial charge in [0.25, 0.3) is 0 Å². The molecule has 3 amide bonds. The number of hydrogen-bond acceptors (Lipinski definition) is 8. The maximum atomic E-state index is 13.7. The SMILES string of the molecule is CCCCCCCCCCCC(=O)N(C(=O)CCCCCCCCCCC)N(N[C@@H](CCCCN)C(=O)O)[C@@H](CCC(N)=O)C(=O)O. The molecule has 0 saturated heterocycles. The lowest BCUT2D eigenvalue weighted by Gasteiger charge is -2.39. The van der Waals surface area contributed by atoms with Crippen LogP contribution >= 0.6 is 0 Å². The van der Waals surface area contributed by atoms with Crippen LogP contribution in [0.5, 0.6) is 0 Å². The van der Waals surface area contributed by atoms with Crippen molar-refractivity contribution in [1.82, 2.24) is 15.6 Å². The molecule has 274 valence electrons. The summed E-state index contributed by atoms with van der Waals surface area (Å²) < 4.78 is 0. The number of carbonyl (C=O) groups excluding carboxylic acids is 3. The van der Waals surface area contributed by atoms with Gasteiger partial charge in [-0.05, 0) is 45.1 Å². The van der Waals surface area contributed by atoms with Crippen molar-refractivity contribution in [3.8, 4) is 0 Å². The Morgan fingerprint density at radius 1 is 0.574 bits per heavy atom. The van der Waals surface area contributed by atoms with Gasteiger partial charge in [-0.25, -0.2) is 5.43 Å². The first-order chi connectivity index (χ1) is 22.6. The standard InChI is InChI=1S/C35H67N5O7/c1-3-5-7-9-11-13-15-17-19-24-32(42)39(33(43)25-20-18-16-14-12-10-8-6-4-2)40(30(35(46)47)26-27-31(37)41)38-29(34(44)45)23-21-22-28-36/h29-30,38H,3-28,36H2,1-2H3,(H2,37,41)(H,44,45)(H,46,47)/t29-,30-/m0/s1. The summed E-state index contributed by atoms with van der Waals surface area (Å²) >= 11 is 0. The van der Waals surface area contributed by atoms with Crippen molar-refractivity contribution in [1.29, 1.82) is 0 Å². The molecule has 0 aromatic heterocycles. The maximum absolute atomic E-state index is 13.7. The van der Waals surface area contributed by atoms with Gasteiger partial charge < -0.3 is 21.7 Å². The van der Waals surface area contributed by atoms with Gasteiger partial charge in [0, 0.05) is 19.3 Å². The predicted octanol–water partition coefficient (Wildman–Crippen LogP) is 6.21. The van der Waals surface area contributed by atoms with Gasteiger partial charge in [-0.15, -0.1) is 5.12 Å². The highest BCUT2D eigenvalue weighted by Gasteiger charge is 2.39. The fourth-order valence-corrected chi connectivity index (χ4v) is 5.58. The first kappa shape index (κ1) is 44.4. The van der Waals surface area contributed by atoms with Crippen molar-refractivity contribution in [3.05, 3.63) is 0 Å². The lowest BCUT2D eigenvalue weighted by molar-refractivity contribution is -0.187. The number of primary amides is 1. The van der Waals surface area contributed by atoms with E-state index in [1.54, 1.807) is 0 Å². The molecule has 2 atom stereocenters. The van der Waals surface area contributed by atoms with Gasteiger partial charge in [0.2, 0.25) is 17.7 Å². The number of aliphatic carboxylic acids is 2. The normalized spacial score (nSPS) is 12.6. The van der Waals surface area contributed by atoms with Gasteiger partial charge in [-0.3, -0.25) is 24.0 Å². The molecule has 12 heteroatoms. The largest absolute Gasteiger partial charge is 0.480 e. The molecule has 7 N–H and O–H groups in total. The smallest absolute Gasteiger partial charge is 0.324 e. The van der Waals surface area contributed by atoms with E-state index in [2.05, 4.69) is 19.3 Å². The molecule has 0 unspecified atom stereocenters. The van der Waals surface area contributed by atoms with Gasteiger partial charge >= 0.3 is 11.9 Å². The number of carboxylic acid groups (broad SMARTS) is 2. The number of hydrogen-bond donors (Lipinski definition) is 5. The minimum Gasteiger partial charge on any atom is -0.480 e. The van der Waals surface area contributed by atoms with E-state index in [1.807, 2.05) is 0 Å². The summed E-state index contributed by atoms with van der Waals surface area (Å²) in [4.78, 5) is 63.9. The molecule has 0 spiro atoms. The van der Waals surface area contributed by atoms with Crippen molar-refractivity contribution >= 4 is 29.7 Å². The molecule has 12 nitrogen and oxygen atoms in total. The Morgan fingerprint density at radius 2 is 1.00 bits per heavy atom. The Kier molecular flexibility index (Phi) is 27.9. The molecule has 0 fully saturated rings. The summed E-state index contributed by atoms with van der Waals surface area (Å²) in [6.07, 6.45) is 19.0. The summed E-state index contributed by atoms with van der Waals surface area (Å²) in [5.74, 6) is -4.62. The molecule has 0 saturated carbocycles. The fraction of sp³-hybridized carbons (Fsp3) is 0.857. The van der Waals surface area contributed by atoms with E-state index in [1.165, 1.54) is 51.4 Å². The Labute approximate surface area is 283 Å². The van der Waals surface area contributed by atoms with Gasteiger partial charge in [-0.1, -0.05) is 117 Å². The number of nitrogens with one attached hydrogen (secondary N) is 1. The van der Waals surface area contributed by atoms with Gasteiger partial charge in [-0.2, -0.15) is 5.01 Å². The molecule has 0 aliphatic rings. The zero-order valence-corrected chi connectivity index (χ0v) is 29.5. The number of unbranched alkanes of at least 4 members (excludes halogenated alkanes) is 17. The van der Waals surface area contributed by atoms with Crippen LogP contribution in [0, 0.1) is 0 Å². The third kappa shape index (κ3) is 22.6. The summed E-state index contributed by atoms with van der Waals surface area (Å²) in [5.41, 5.74) is 13.6. The highest BCUT2D eigenvalue weighted by molar-refractivity contribution is 5.95. The van der Waals surface area contributed by atoms with Crippen LogP contribution < -0.4 is 16.9 Å². The molecule has 0 aromatic rings. The molecule has 0 rings (SSSR count). The lowest BCUT2D eigenvalue weighted by Crippen LogP contribution is -2.65. The summed E-state index contributed by atoms with van der Waals surface area (Å²) in [6.45, 7) is 4.71. The van der Waals surface area contributed by atoms with Crippen molar-refractivity contribution in [2.75, 3.05) is 6.54 Å². The number of carbonyl (C=O) groups is 5. The number of nitrogens with zero attached hydrogens (tertiary/aromatic N) is 2. The minimum atomic E-state index is -1.59. The molecular weight excluding hydrogens is 602 g/mol. The minimum absolute atomic E-state index is 0.00455. The van der Waals surface area contributed by atoms with Crippen molar-refractivity contribution < 1.29 is 34.2 Å². The van der Waals surface area contributed by atoms with Gasteiger partial charge in [0.15, 0.2) is 0 Å². The van der Waals surface area contributed by atoms with Crippen molar-refractivity contribution in [2.24, 2.45) is 11.5 Å². The molecule has 0 bridgehead atoms. The highest BCUT2D eigenvalue weighted by atomic mass is 16.4. The second-order valence-electron chi connectivity index (χ2n) is 12.8. The second-order valence-corrected chi connectivity index (χ2v) is 12.8. The lowest BCUT2D eigenvalue weighted by atomic mass is 10.1. The van der Waals surface area contributed by atoms with Gasteiger partial charge in [0.05, 0.1) is 0 Å². The van der Waals surface area contributed by atoms with E-state index in [9.17, 15) is 34.2 Å². The maximum Gasteiger partial charge on any atom is 0.324 e. The Hall–Kier alpha value is -2.57. The van der Waals surface area contributed by atoms with Crippen LogP contribution in [0.2, 0.25) is 0 Å². The second kappa shape index (κ2) is 29.6. The summed E-state index contributed by atoms with van der Waals surface area (Å²) in [7, 11) is 0. The van der Waals surface area contributed by atoms with Crippen LogP contribution in [0.15, 0.2) is 0 Å². The first-order valence-corrected chi connectivity index (χ1v) is 18.5. The Morgan fingerprint density at radius 3 is 1.36 bits per heavy atom. The summed E-state index contributed by atoms with van der Waals surface area (Å²) in [5, 5.41) is 21.8. The fourth-order valence-electron chi connectivity index (χ4n) is 5.58. The average Bonchev–Trinajstić information content (AvgIpc) is 3.02. The predicted molar refractivity (Wildman–Crippen MR) is 185 cm³/mol. The van der Waals surface area contributed by atoms with E-state index in [0.29, 0.717) is 32.2 Å². The van der Waals surface area contributed by atoms with E-state index in [4.69, 9.17) is 11.5 Å². The quantitative estimate of drug-likeness (QED) is 0.0396. The van der Waals surface area contributed by atoms with E-state index in [0.717, 1.165) is 61.5 Å². The van der Waals surface area contributed by atoms with Crippen LogP contribution in [0.3, 0.4) is 0 Å². The third-order valence-electron chi connectivity index (χ3n) is 8.45. The number of hydrazine groups is 2. The average molecular weight is 670 g/mol. The molecule has 0 aliphatic heterocycles. The molecule has 0 heterocycles. The molecule has 0 radical (unpaired) electrons. The topological polar surface area (TPSA) is 196 Å². The summed E-state index contributed by atoms with van der Waals surface area (Å²) in [6, 6.07) is -2.88. The number of nitrogens with two attached hydrogens (primary N) is 2. The van der Waals surface area contributed by atoms with Crippen LogP contribution in [0.4, 0.5) is 0 Å². The number of imide groups is 1. The highest BCUT2D eigenvalue weighted by Crippen LogP contribution is 2.19.